The lowest BCUT2D eigenvalue weighted by Crippen LogP contribution is -2.62. The molecule has 1 aromatic carbocycles. The summed E-state index contributed by atoms with van der Waals surface area (Å²) in [5.74, 6) is -9.42. The van der Waals surface area contributed by atoms with Crippen molar-refractivity contribution in [2.45, 2.75) is 155 Å². The molecule has 0 bridgehead atoms. The number of carbonyl (C=O) groups is 9. The number of hydrogen-bond donors (Lipinski definition) is 15. The lowest BCUT2D eigenvalue weighted by molar-refractivity contribution is -0.142. The molecule has 8 amide bonds. The fourth-order valence-corrected chi connectivity index (χ4v) is 7.70. The molecular weight excluding hydrogens is 993 g/mol. The topological polar surface area (TPSA) is 409 Å². The molecule has 0 radical (unpaired) electrons. The Morgan fingerprint density at radius 1 is 0.653 bits per heavy atom. The predicted octanol–water partition coefficient (Wildman–Crippen LogP) is -1.40. The number of thiol groups is 1. The second-order valence-corrected chi connectivity index (χ2v) is 20.0. The molecule has 0 aliphatic carbocycles. The van der Waals surface area contributed by atoms with Crippen LogP contribution in [0, 0.1) is 23.7 Å². The Kier molecular flexibility index (Phi) is 27.1. The number of amides is 8. The van der Waals surface area contributed by atoms with Crippen molar-refractivity contribution < 1.29 is 53.4 Å². The maximum atomic E-state index is 14.3. The Bertz CT molecular complexity index is 2240. The highest BCUT2D eigenvalue weighted by molar-refractivity contribution is 7.80. The third-order valence-corrected chi connectivity index (χ3v) is 12.5. The number of guanidine groups is 1. The number of carbonyl (C=O) groups excluding carboxylic acids is 8. The standard InChI is InChI=1S/C49H80N14O11S/c1-10-27(8)39(47(72)58-34(20-30-21-53-23-55-30)42(67)56-28(9)40(65)59-35(48(73)74)18-24(2)3)63-44(69)36(22-75)60-43(68)33(19-29-13-15-31(64)16-14-29)57-45(70)37(25(4)5)62-46(71)38(26(6)7)61-41(66)32(50)12-11-17-54-49(51)52/h13-16,21,23-28,32-39,64,75H,10-12,17-20,22,50H2,1-9H3,(H,53,55)(H,56,67)(H,57,70)(H,58,72)(H,59,65)(H,60,68)(H,61,66)(H,62,71)(H,63,69)(H,73,74)(H4,51,52,54)/t27-,28-,32-,33-,34-,35-,36-,37-,38-,39-/m0/s1. The smallest absolute Gasteiger partial charge is 0.326 e. The molecule has 25 nitrogen and oxygen atoms in total. The second-order valence-electron chi connectivity index (χ2n) is 19.7. The van der Waals surface area contributed by atoms with Crippen molar-refractivity contribution >= 4 is 71.8 Å². The predicted molar refractivity (Wildman–Crippen MR) is 283 cm³/mol. The number of rotatable bonds is 32. The number of aliphatic carboxylic acids is 1. The quantitative estimate of drug-likeness (QED) is 0.0173. The number of aromatic hydroxyl groups is 1. The minimum atomic E-state index is -1.40. The van der Waals surface area contributed by atoms with Gasteiger partial charge in [0.25, 0.3) is 0 Å². The third kappa shape index (κ3) is 22.2. The van der Waals surface area contributed by atoms with Gasteiger partial charge in [-0.05, 0) is 67.6 Å². The van der Waals surface area contributed by atoms with Gasteiger partial charge >= 0.3 is 5.97 Å². The van der Waals surface area contributed by atoms with Gasteiger partial charge in [0.05, 0.1) is 12.4 Å². The first-order valence-electron chi connectivity index (χ1n) is 25.0. The lowest BCUT2D eigenvalue weighted by Gasteiger charge is -2.30. The van der Waals surface area contributed by atoms with E-state index in [0.717, 1.165) is 0 Å². The SMILES string of the molecule is CC[C@H](C)[C@H](NC(=O)[C@H](CS)NC(=O)[C@H](Cc1ccc(O)cc1)NC(=O)[C@@H](NC(=O)[C@@H](NC(=O)[C@@H](N)CCCN=C(N)N)C(C)C)C(C)C)C(=O)N[C@@H](Cc1cnc[nH]1)C(=O)N[C@@H](C)C(=O)N[C@@H](CC(C)C)C(=O)O. The average molecular weight is 1070 g/mol. The van der Waals surface area contributed by atoms with Gasteiger partial charge in [0.1, 0.15) is 54.1 Å². The van der Waals surface area contributed by atoms with Crippen molar-refractivity contribution in [3.8, 4) is 5.75 Å². The summed E-state index contributed by atoms with van der Waals surface area (Å²) in [7, 11) is 0. The molecule has 0 saturated heterocycles. The number of nitrogens with two attached hydrogens (primary N) is 3. The molecule has 1 heterocycles. The fraction of sp³-hybridized carbons (Fsp3) is 0.612. The number of nitrogens with zero attached hydrogens (tertiary/aromatic N) is 2. The van der Waals surface area contributed by atoms with Crippen molar-refractivity contribution in [3.63, 3.8) is 0 Å². The summed E-state index contributed by atoms with van der Waals surface area (Å²) in [5, 5.41) is 40.6. The number of carboxylic acids is 1. The van der Waals surface area contributed by atoms with Gasteiger partial charge < -0.3 is 74.9 Å². The number of aliphatic imine (C=N–C) groups is 1. The maximum Gasteiger partial charge on any atom is 0.326 e. The second kappa shape index (κ2) is 31.7. The fourth-order valence-electron chi connectivity index (χ4n) is 7.44. The molecule has 0 aliphatic rings. The first-order chi connectivity index (χ1) is 35.2. The molecule has 0 spiro atoms. The molecule has 26 heteroatoms. The summed E-state index contributed by atoms with van der Waals surface area (Å²) in [6.07, 6.45) is 3.64. The van der Waals surface area contributed by atoms with Crippen LogP contribution in [0.1, 0.15) is 99.3 Å². The monoisotopic (exact) mass is 1070 g/mol. The summed E-state index contributed by atoms with van der Waals surface area (Å²) in [6.45, 7) is 15.4. The van der Waals surface area contributed by atoms with Gasteiger partial charge in [0, 0.05) is 37.0 Å². The highest BCUT2D eigenvalue weighted by atomic mass is 32.1. The molecule has 1 aromatic heterocycles. The van der Waals surface area contributed by atoms with Crippen molar-refractivity contribution in [2.75, 3.05) is 12.3 Å². The van der Waals surface area contributed by atoms with Crippen molar-refractivity contribution in [1.29, 1.82) is 0 Å². The highest BCUT2D eigenvalue weighted by Crippen LogP contribution is 2.15. The number of aromatic nitrogens is 2. The molecule has 2 rings (SSSR count). The zero-order chi connectivity index (χ0) is 56.7. The Hall–Kier alpha value is -6.96. The number of benzene rings is 1. The van der Waals surface area contributed by atoms with E-state index in [1.54, 1.807) is 55.4 Å². The Labute approximate surface area is 443 Å². The minimum absolute atomic E-state index is 0.0594. The number of nitrogens with one attached hydrogen (secondary N) is 9. The summed E-state index contributed by atoms with van der Waals surface area (Å²) in [5.41, 5.74) is 17.7. The third-order valence-electron chi connectivity index (χ3n) is 12.1. The average Bonchev–Trinajstić information content (AvgIpc) is 3.86. The van der Waals surface area contributed by atoms with Crippen molar-refractivity contribution in [2.24, 2.45) is 45.9 Å². The van der Waals surface area contributed by atoms with E-state index in [9.17, 15) is 53.4 Å². The van der Waals surface area contributed by atoms with Gasteiger partial charge in [-0.2, -0.15) is 12.6 Å². The van der Waals surface area contributed by atoms with Crippen LogP contribution in [0.5, 0.6) is 5.75 Å². The summed E-state index contributed by atoms with van der Waals surface area (Å²) >= 11 is 4.33. The molecule has 0 unspecified atom stereocenters. The van der Waals surface area contributed by atoms with Gasteiger partial charge in [-0.25, -0.2) is 9.78 Å². The van der Waals surface area contributed by atoms with E-state index >= 15 is 0 Å². The van der Waals surface area contributed by atoms with Crippen LogP contribution in [0.3, 0.4) is 0 Å². The number of phenols is 1. The molecule has 0 aliphatic heterocycles. The van der Waals surface area contributed by atoms with Crippen LogP contribution in [0.2, 0.25) is 0 Å². The molecule has 17 N–H and O–H groups in total. The van der Waals surface area contributed by atoms with Crippen molar-refractivity contribution in [3.05, 3.63) is 48.0 Å². The van der Waals surface area contributed by atoms with Crippen LogP contribution in [-0.4, -0.2) is 146 Å². The summed E-state index contributed by atoms with van der Waals surface area (Å²) in [4.78, 5) is 133. The first-order valence-corrected chi connectivity index (χ1v) is 25.6. The van der Waals surface area contributed by atoms with Gasteiger partial charge in [-0.1, -0.05) is 73.9 Å². The molecule has 10 atom stereocenters. The molecular formula is C49H80N14O11S. The minimum Gasteiger partial charge on any atom is -0.508 e. The van der Waals surface area contributed by atoms with Gasteiger partial charge in [0.15, 0.2) is 5.96 Å². The number of carboxylic acid groups (broad SMARTS) is 1. The number of phenolic OH excluding ortho intramolecular Hbond substituents is 1. The van der Waals surface area contributed by atoms with Crippen LogP contribution in [0.25, 0.3) is 0 Å². The van der Waals surface area contributed by atoms with Crippen LogP contribution in [0.4, 0.5) is 0 Å². The molecule has 0 saturated carbocycles. The lowest BCUT2D eigenvalue weighted by atomic mass is 9.97. The Morgan fingerprint density at radius 2 is 1.15 bits per heavy atom. The van der Waals surface area contributed by atoms with Crippen LogP contribution in [-0.2, 0) is 56.0 Å². The van der Waals surface area contributed by atoms with Crippen LogP contribution in [0.15, 0.2) is 41.8 Å². The van der Waals surface area contributed by atoms with E-state index < -0.39 is 125 Å². The summed E-state index contributed by atoms with van der Waals surface area (Å²) in [6, 6.07) is -5.36. The highest BCUT2D eigenvalue weighted by Gasteiger charge is 2.37. The van der Waals surface area contributed by atoms with E-state index in [1.165, 1.54) is 43.7 Å². The van der Waals surface area contributed by atoms with E-state index in [0.29, 0.717) is 24.1 Å². The first kappa shape index (κ1) is 64.2. The number of imidazole rings is 1. The number of hydrogen-bond acceptors (Lipinski definition) is 14. The van der Waals surface area contributed by atoms with Gasteiger partial charge in [-0.15, -0.1) is 0 Å². The van der Waals surface area contributed by atoms with E-state index in [4.69, 9.17) is 17.2 Å². The Morgan fingerprint density at radius 3 is 1.65 bits per heavy atom. The molecule has 75 heavy (non-hydrogen) atoms. The summed E-state index contributed by atoms with van der Waals surface area (Å²) < 4.78 is 0. The largest absolute Gasteiger partial charge is 0.508 e. The number of aromatic amines is 1. The normalized spacial score (nSPS) is 15.3. The van der Waals surface area contributed by atoms with Gasteiger partial charge in [0.2, 0.25) is 47.3 Å². The van der Waals surface area contributed by atoms with Crippen molar-refractivity contribution in [1.82, 2.24) is 52.5 Å². The zero-order valence-electron chi connectivity index (χ0n) is 44.3. The van der Waals surface area contributed by atoms with E-state index in [1.807, 2.05) is 0 Å². The maximum absolute atomic E-state index is 14.3. The van der Waals surface area contributed by atoms with Crippen LogP contribution >= 0.6 is 12.6 Å². The zero-order valence-corrected chi connectivity index (χ0v) is 45.2. The number of H-pyrrole nitrogens is 1. The van der Waals surface area contributed by atoms with Crippen LogP contribution < -0.4 is 59.7 Å². The molecule has 418 valence electrons. The molecule has 2 aromatic rings. The Balaban J connectivity index is 2.36. The molecule has 0 fully saturated rings. The van der Waals surface area contributed by atoms with E-state index in [-0.39, 0.29) is 55.6 Å². The van der Waals surface area contributed by atoms with Gasteiger partial charge in [-0.3, -0.25) is 43.3 Å². The van der Waals surface area contributed by atoms with E-state index in [2.05, 4.69) is 70.1 Å².